The topological polar surface area (TPSA) is 47.0 Å². The molecule has 2 aliphatic rings. The molecule has 2 aliphatic heterocycles. The number of carbonyl (C=O) groups is 1. The van der Waals surface area contributed by atoms with Crippen LogP contribution in [0.3, 0.4) is 0 Å². The van der Waals surface area contributed by atoms with Crippen molar-refractivity contribution in [2.75, 3.05) is 58.3 Å². The van der Waals surface area contributed by atoms with Gasteiger partial charge < -0.3 is 19.8 Å². The molecule has 0 aromatic heterocycles. The maximum atomic E-state index is 12.8. The first-order valence-corrected chi connectivity index (χ1v) is 9.48. The van der Waals surface area contributed by atoms with E-state index in [1.807, 2.05) is 48.2 Å². The van der Waals surface area contributed by atoms with Crippen LogP contribution in [0.15, 0.2) is 24.3 Å². The van der Waals surface area contributed by atoms with Gasteiger partial charge in [-0.3, -0.25) is 4.79 Å². The van der Waals surface area contributed by atoms with E-state index < -0.39 is 0 Å². The van der Waals surface area contributed by atoms with Gasteiger partial charge in [0.15, 0.2) is 0 Å². The van der Waals surface area contributed by atoms with Crippen LogP contribution < -0.4 is 4.90 Å². The van der Waals surface area contributed by atoms with Crippen molar-refractivity contribution in [1.82, 2.24) is 9.80 Å². The minimum atomic E-state index is 0.0879. The van der Waals surface area contributed by atoms with Gasteiger partial charge in [-0.05, 0) is 56.1 Å². The second kappa shape index (κ2) is 8.19. The number of hydrogen-bond donors (Lipinski definition) is 1. The molecule has 25 heavy (non-hydrogen) atoms. The maximum absolute atomic E-state index is 12.8. The van der Waals surface area contributed by atoms with Crippen LogP contribution in [0, 0.1) is 11.8 Å². The monoisotopic (exact) mass is 345 g/mol. The van der Waals surface area contributed by atoms with Crippen molar-refractivity contribution in [2.24, 2.45) is 11.8 Å². The van der Waals surface area contributed by atoms with Gasteiger partial charge in [-0.15, -0.1) is 0 Å². The van der Waals surface area contributed by atoms with Crippen molar-refractivity contribution < 1.29 is 9.90 Å². The number of nitrogens with zero attached hydrogens (tertiary/aromatic N) is 3. The van der Waals surface area contributed by atoms with Crippen LogP contribution in [0.4, 0.5) is 5.69 Å². The molecule has 5 nitrogen and oxygen atoms in total. The lowest BCUT2D eigenvalue weighted by atomic mass is 9.95. The van der Waals surface area contributed by atoms with Crippen molar-refractivity contribution >= 4 is 11.6 Å². The van der Waals surface area contributed by atoms with Crippen molar-refractivity contribution in [2.45, 2.75) is 19.3 Å². The molecule has 2 saturated heterocycles. The Balaban J connectivity index is 1.63. The maximum Gasteiger partial charge on any atom is 0.253 e. The molecule has 3 rings (SSSR count). The molecule has 2 fully saturated rings. The van der Waals surface area contributed by atoms with Crippen molar-refractivity contribution in [1.29, 1.82) is 0 Å². The Hall–Kier alpha value is -1.59. The van der Waals surface area contributed by atoms with E-state index in [4.69, 9.17) is 0 Å². The van der Waals surface area contributed by atoms with Crippen molar-refractivity contribution in [3.63, 3.8) is 0 Å². The predicted molar refractivity (Wildman–Crippen MR) is 101 cm³/mol. The molecule has 0 unspecified atom stereocenters. The summed E-state index contributed by atoms with van der Waals surface area (Å²) in [6, 6.07) is 7.78. The zero-order chi connectivity index (χ0) is 17.8. The van der Waals surface area contributed by atoms with Gasteiger partial charge in [0, 0.05) is 57.5 Å². The first-order chi connectivity index (χ1) is 12.1. The SMILES string of the molecule is CN(C)c1ccc(C(=O)N2C[C@@H](CN3CCCCC3)[C@@H](CO)C2)cc1. The third-order valence-electron chi connectivity index (χ3n) is 5.67. The summed E-state index contributed by atoms with van der Waals surface area (Å²) in [4.78, 5) is 19.3. The molecular weight excluding hydrogens is 314 g/mol. The van der Waals surface area contributed by atoms with Gasteiger partial charge >= 0.3 is 0 Å². The van der Waals surface area contributed by atoms with Gasteiger partial charge in [-0.2, -0.15) is 0 Å². The third kappa shape index (κ3) is 4.33. The van der Waals surface area contributed by atoms with Crippen LogP contribution in [-0.4, -0.2) is 74.2 Å². The summed E-state index contributed by atoms with van der Waals surface area (Å²) in [5, 5.41) is 9.77. The highest BCUT2D eigenvalue weighted by Gasteiger charge is 2.36. The van der Waals surface area contributed by atoms with Crippen molar-refractivity contribution in [3.05, 3.63) is 29.8 Å². The average Bonchev–Trinajstić information content (AvgIpc) is 3.05. The summed E-state index contributed by atoms with van der Waals surface area (Å²) in [6.07, 6.45) is 3.88. The van der Waals surface area contributed by atoms with E-state index in [0.717, 1.165) is 37.4 Å². The standard InChI is InChI=1S/C20H31N3O2/c1-21(2)19-8-6-16(7-9-19)20(25)23-13-17(18(14-23)15-24)12-22-10-4-3-5-11-22/h6-9,17-18,24H,3-5,10-15H2,1-2H3/t17-,18-/m1/s1. The minimum absolute atomic E-state index is 0.0879. The number of hydrogen-bond acceptors (Lipinski definition) is 4. The van der Waals surface area contributed by atoms with E-state index in [2.05, 4.69) is 4.90 Å². The van der Waals surface area contributed by atoms with E-state index in [0.29, 0.717) is 12.5 Å². The first-order valence-electron chi connectivity index (χ1n) is 9.48. The Kier molecular flexibility index (Phi) is 5.97. The Labute approximate surface area is 151 Å². The summed E-state index contributed by atoms with van der Waals surface area (Å²) in [5.74, 6) is 0.671. The van der Waals surface area contributed by atoms with Crippen LogP contribution in [0.25, 0.3) is 0 Å². The number of carbonyl (C=O) groups excluding carboxylic acids is 1. The lowest BCUT2D eigenvalue weighted by Crippen LogP contribution is -2.37. The molecule has 2 atom stereocenters. The van der Waals surface area contributed by atoms with Crippen molar-refractivity contribution in [3.8, 4) is 0 Å². The number of anilines is 1. The van der Waals surface area contributed by atoms with Gasteiger partial charge in [-0.25, -0.2) is 0 Å². The molecule has 0 radical (unpaired) electrons. The quantitative estimate of drug-likeness (QED) is 0.886. The third-order valence-corrected chi connectivity index (χ3v) is 5.67. The molecule has 2 heterocycles. The molecule has 1 amide bonds. The lowest BCUT2D eigenvalue weighted by Gasteiger charge is -2.30. The van der Waals surface area contributed by atoms with E-state index in [9.17, 15) is 9.90 Å². The smallest absolute Gasteiger partial charge is 0.253 e. The highest BCUT2D eigenvalue weighted by Crippen LogP contribution is 2.27. The number of aliphatic hydroxyl groups is 1. The van der Waals surface area contributed by atoms with Crippen LogP contribution in [0.1, 0.15) is 29.6 Å². The molecule has 5 heteroatoms. The fraction of sp³-hybridized carbons (Fsp3) is 0.650. The fourth-order valence-corrected chi connectivity index (χ4v) is 4.08. The summed E-state index contributed by atoms with van der Waals surface area (Å²) < 4.78 is 0. The molecule has 1 aromatic carbocycles. The number of amides is 1. The second-order valence-corrected chi connectivity index (χ2v) is 7.72. The Morgan fingerprint density at radius 2 is 1.72 bits per heavy atom. The van der Waals surface area contributed by atoms with E-state index >= 15 is 0 Å². The summed E-state index contributed by atoms with van der Waals surface area (Å²) in [7, 11) is 3.99. The van der Waals surface area contributed by atoms with Gasteiger partial charge in [0.25, 0.3) is 5.91 Å². The molecule has 1 aromatic rings. The molecular formula is C20H31N3O2. The van der Waals surface area contributed by atoms with Crippen LogP contribution in [-0.2, 0) is 0 Å². The van der Waals surface area contributed by atoms with Gasteiger partial charge in [0.2, 0.25) is 0 Å². The molecule has 138 valence electrons. The number of aliphatic hydroxyl groups excluding tert-OH is 1. The molecule has 0 aliphatic carbocycles. The number of rotatable bonds is 5. The molecule has 0 spiro atoms. The van der Waals surface area contributed by atoms with Gasteiger partial charge in [0.05, 0.1) is 0 Å². The predicted octanol–water partition coefficient (Wildman–Crippen LogP) is 1.92. The molecule has 1 N–H and O–H groups in total. The first kappa shape index (κ1) is 18.2. The number of benzene rings is 1. The summed E-state index contributed by atoms with van der Waals surface area (Å²) in [6.45, 7) is 4.93. The van der Waals surface area contributed by atoms with E-state index in [1.165, 1.54) is 19.3 Å². The van der Waals surface area contributed by atoms with E-state index in [1.54, 1.807) is 0 Å². The number of piperidine rings is 1. The molecule has 0 saturated carbocycles. The van der Waals surface area contributed by atoms with Crippen LogP contribution in [0.2, 0.25) is 0 Å². The van der Waals surface area contributed by atoms with Gasteiger partial charge in [-0.1, -0.05) is 6.42 Å². The normalized spacial score (nSPS) is 24.5. The van der Waals surface area contributed by atoms with Gasteiger partial charge in [0.1, 0.15) is 0 Å². The Bertz CT molecular complexity index is 567. The lowest BCUT2D eigenvalue weighted by molar-refractivity contribution is 0.0778. The summed E-state index contributed by atoms with van der Waals surface area (Å²) >= 11 is 0. The highest BCUT2D eigenvalue weighted by molar-refractivity contribution is 5.94. The summed E-state index contributed by atoms with van der Waals surface area (Å²) in [5.41, 5.74) is 1.83. The zero-order valence-corrected chi connectivity index (χ0v) is 15.5. The zero-order valence-electron chi connectivity index (χ0n) is 15.5. The largest absolute Gasteiger partial charge is 0.396 e. The fourth-order valence-electron chi connectivity index (χ4n) is 4.08. The Morgan fingerprint density at radius 3 is 2.32 bits per heavy atom. The average molecular weight is 345 g/mol. The Morgan fingerprint density at radius 1 is 1.08 bits per heavy atom. The second-order valence-electron chi connectivity index (χ2n) is 7.72. The highest BCUT2D eigenvalue weighted by atomic mass is 16.3. The number of likely N-dealkylation sites (tertiary alicyclic amines) is 2. The van der Waals surface area contributed by atoms with E-state index in [-0.39, 0.29) is 18.4 Å². The van der Waals surface area contributed by atoms with Crippen LogP contribution in [0.5, 0.6) is 0 Å². The minimum Gasteiger partial charge on any atom is -0.396 e. The van der Waals surface area contributed by atoms with Crippen LogP contribution >= 0.6 is 0 Å². The molecule has 0 bridgehead atoms.